The highest BCUT2D eigenvalue weighted by Gasteiger charge is 2.22. The average molecular weight is 472 g/mol. The van der Waals surface area contributed by atoms with E-state index in [1.165, 1.54) is 12.1 Å². The summed E-state index contributed by atoms with van der Waals surface area (Å²) in [6.45, 7) is 7.27. The van der Waals surface area contributed by atoms with Gasteiger partial charge in [-0.25, -0.2) is 14.4 Å². The van der Waals surface area contributed by atoms with Crippen molar-refractivity contribution in [2.24, 2.45) is 0 Å². The number of H-pyrrole nitrogens is 1. The van der Waals surface area contributed by atoms with E-state index in [0.29, 0.717) is 35.2 Å². The Bertz CT molecular complexity index is 1450. The standard InChI is InChI=1S/C25H26FN9/c1-2-33-10-12-34(13-11-33)25-31-23(27-15-21-29-19-8-3-4-9-20(19)30-21)22-24(32-25)35(16-28-22)18-7-5-6-17(26)14-18/h3-9,14,16H,2,10-13,15H2,1H3,(H,29,30)(H,27,31,32). The molecular formula is C25H26FN9. The first kappa shape index (κ1) is 21.5. The SMILES string of the molecule is CCN1CCN(c2nc(NCc3nc4ccccc4[nH]3)c3ncn(-c4cccc(F)c4)c3n2)CC1. The Morgan fingerprint density at radius 2 is 1.86 bits per heavy atom. The lowest BCUT2D eigenvalue weighted by molar-refractivity contribution is 0.270. The van der Waals surface area contributed by atoms with E-state index >= 15 is 0 Å². The second-order valence-electron chi connectivity index (χ2n) is 8.61. The van der Waals surface area contributed by atoms with Gasteiger partial charge in [-0.1, -0.05) is 25.1 Å². The molecule has 0 aliphatic carbocycles. The highest BCUT2D eigenvalue weighted by Crippen LogP contribution is 2.26. The molecule has 2 aromatic carbocycles. The van der Waals surface area contributed by atoms with Gasteiger partial charge in [0.2, 0.25) is 5.95 Å². The maximum absolute atomic E-state index is 14.0. The molecule has 10 heteroatoms. The van der Waals surface area contributed by atoms with Crippen LogP contribution < -0.4 is 10.2 Å². The zero-order chi connectivity index (χ0) is 23.8. The molecule has 178 valence electrons. The fourth-order valence-corrected chi connectivity index (χ4v) is 4.49. The number of aromatic nitrogens is 6. The van der Waals surface area contributed by atoms with Crippen molar-refractivity contribution >= 4 is 34.0 Å². The van der Waals surface area contributed by atoms with Crippen molar-refractivity contribution in [1.29, 1.82) is 0 Å². The minimum atomic E-state index is -0.308. The molecule has 2 N–H and O–H groups in total. The third kappa shape index (κ3) is 4.17. The van der Waals surface area contributed by atoms with Crippen molar-refractivity contribution in [3.05, 3.63) is 66.5 Å². The quantitative estimate of drug-likeness (QED) is 0.391. The summed E-state index contributed by atoms with van der Waals surface area (Å²) in [5.41, 5.74) is 3.83. The number of aromatic amines is 1. The number of imidazole rings is 2. The van der Waals surface area contributed by atoms with E-state index in [1.807, 2.05) is 30.3 Å². The van der Waals surface area contributed by atoms with Crippen LogP contribution in [0.25, 0.3) is 27.9 Å². The number of piperazine rings is 1. The number of para-hydroxylation sites is 2. The topological polar surface area (TPSA) is 90.8 Å². The summed E-state index contributed by atoms with van der Waals surface area (Å²) in [6, 6.07) is 14.4. The third-order valence-electron chi connectivity index (χ3n) is 6.43. The average Bonchev–Trinajstić information content (AvgIpc) is 3.51. The van der Waals surface area contributed by atoms with E-state index in [-0.39, 0.29) is 5.82 Å². The molecule has 1 fully saturated rings. The van der Waals surface area contributed by atoms with Crippen LogP contribution in [0.3, 0.4) is 0 Å². The van der Waals surface area contributed by atoms with Gasteiger partial charge in [0.15, 0.2) is 17.0 Å². The smallest absolute Gasteiger partial charge is 0.229 e. The van der Waals surface area contributed by atoms with Gasteiger partial charge in [0.1, 0.15) is 18.0 Å². The van der Waals surface area contributed by atoms with Crippen LogP contribution in [0.4, 0.5) is 16.2 Å². The number of rotatable bonds is 6. The summed E-state index contributed by atoms with van der Waals surface area (Å²) < 4.78 is 15.8. The lowest BCUT2D eigenvalue weighted by atomic mass is 10.3. The van der Waals surface area contributed by atoms with Gasteiger partial charge in [-0.05, 0) is 36.9 Å². The van der Waals surface area contributed by atoms with E-state index in [2.05, 4.69) is 37.0 Å². The Hall–Kier alpha value is -4.05. The number of hydrogen-bond acceptors (Lipinski definition) is 7. The van der Waals surface area contributed by atoms with E-state index in [1.54, 1.807) is 17.0 Å². The van der Waals surface area contributed by atoms with Crippen molar-refractivity contribution in [3.8, 4) is 5.69 Å². The summed E-state index contributed by atoms with van der Waals surface area (Å²) in [5.74, 6) is 1.76. The second-order valence-corrected chi connectivity index (χ2v) is 8.61. The number of nitrogens with zero attached hydrogens (tertiary/aromatic N) is 7. The number of anilines is 2. The summed E-state index contributed by atoms with van der Waals surface area (Å²) >= 11 is 0. The number of hydrogen-bond donors (Lipinski definition) is 2. The minimum absolute atomic E-state index is 0.308. The van der Waals surface area contributed by atoms with E-state index < -0.39 is 0 Å². The molecule has 0 unspecified atom stereocenters. The predicted molar refractivity (Wildman–Crippen MR) is 134 cm³/mol. The maximum atomic E-state index is 14.0. The largest absolute Gasteiger partial charge is 0.361 e. The van der Waals surface area contributed by atoms with Crippen molar-refractivity contribution in [2.75, 3.05) is 42.9 Å². The molecule has 6 rings (SSSR count). The van der Waals surface area contributed by atoms with Crippen molar-refractivity contribution in [1.82, 2.24) is 34.4 Å². The molecule has 1 aliphatic heterocycles. The third-order valence-corrected chi connectivity index (χ3v) is 6.43. The Labute approximate surface area is 201 Å². The van der Waals surface area contributed by atoms with Crippen LogP contribution >= 0.6 is 0 Å². The normalized spacial score (nSPS) is 14.7. The molecule has 0 saturated carbocycles. The Morgan fingerprint density at radius 1 is 1.00 bits per heavy atom. The Balaban J connectivity index is 1.38. The highest BCUT2D eigenvalue weighted by molar-refractivity contribution is 5.85. The monoisotopic (exact) mass is 471 g/mol. The van der Waals surface area contributed by atoms with Crippen LogP contribution in [0.15, 0.2) is 54.9 Å². The van der Waals surface area contributed by atoms with Crippen LogP contribution in [0.2, 0.25) is 0 Å². The first-order chi connectivity index (χ1) is 17.2. The number of halogens is 1. The molecule has 9 nitrogen and oxygen atoms in total. The highest BCUT2D eigenvalue weighted by atomic mass is 19.1. The fourth-order valence-electron chi connectivity index (χ4n) is 4.49. The van der Waals surface area contributed by atoms with E-state index in [9.17, 15) is 4.39 Å². The van der Waals surface area contributed by atoms with Crippen molar-refractivity contribution in [2.45, 2.75) is 13.5 Å². The summed E-state index contributed by atoms with van der Waals surface area (Å²) in [6.07, 6.45) is 1.67. The van der Waals surface area contributed by atoms with Crippen molar-refractivity contribution in [3.63, 3.8) is 0 Å². The first-order valence-corrected chi connectivity index (χ1v) is 11.8. The molecule has 3 aromatic heterocycles. The molecule has 5 aromatic rings. The molecule has 0 radical (unpaired) electrons. The molecule has 35 heavy (non-hydrogen) atoms. The van der Waals surface area contributed by atoms with Gasteiger partial charge in [-0.2, -0.15) is 9.97 Å². The van der Waals surface area contributed by atoms with E-state index in [0.717, 1.165) is 49.6 Å². The van der Waals surface area contributed by atoms with Gasteiger partial charge in [0, 0.05) is 26.2 Å². The molecular weight excluding hydrogens is 445 g/mol. The molecule has 0 spiro atoms. The lowest BCUT2D eigenvalue weighted by Crippen LogP contribution is -2.46. The van der Waals surface area contributed by atoms with Crippen LogP contribution in [0.1, 0.15) is 12.7 Å². The zero-order valence-corrected chi connectivity index (χ0v) is 19.4. The van der Waals surface area contributed by atoms with Crippen LogP contribution in [0, 0.1) is 5.82 Å². The molecule has 0 atom stereocenters. The Morgan fingerprint density at radius 3 is 2.66 bits per heavy atom. The summed E-state index contributed by atoms with van der Waals surface area (Å²) in [5, 5.41) is 3.41. The number of fused-ring (bicyclic) bond motifs is 2. The first-order valence-electron chi connectivity index (χ1n) is 11.8. The number of likely N-dealkylation sites (N-methyl/N-ethyl adjacent to an activating group) is 1. The van der Waals surface area contributed by atoms with E-state index in [4.69, 9.17) is 9.97 Å². The van der Waals surface area contributed by atoms with Gasteiger partial charge in [0.05, 0.1) is 23.3 Å². The van der Waals surface area contributed by atoms with Crippen LogP contribution in [-0.4, -0.2) is 67.1 Å². The Kier molecular flexibility index (Phi) is 5.49. The second kappa shape index (κ2) is 8.95. The van der Waals surface area contributed by atoms with Gasteiger partial charge >= 0.3 is 0 Å². The lowest BCUT2D eigenvalue weighted by Gasteiger charge is -2.34. The zero-order valence-electron chi connectivity index (χ0n) is 19.4. The van der Waals surface area contributed by atoms with Gasteiger partial charge in [-0.15, -0.1) is 0 Å². The summed E-state index contributed by atoms with van der Waals surface area (Å²) in [7, 11) is 0. The maximum Gasteiger partial charge on any atom is 0.229 e. The van der Waals surface area contributed by atoms with Crippen LogP contribution in [-0.2, 0) is 6.54 Å². The number of nitrogens with one attached hydrogen (secondary N) is 2. The molecule has 4 heterocycles. The van der Waals surface area contributed by atoms with Gasteiger partial charge in [-0.3, -0.25) is 4.57 Å². The molecule has 1 saturated heterocycles. The van der Waals surface area contributed by atoms with Gasteiger partial charge < -0.3 is 20.1 Å². The molecule has 0 bridgehead atoms. The molecule has 0 amide bonds. The van der Waals surface area contributed by atoms with Crippen LogP contribution in [0.5, 0.6) is 0 Å². The fraction of sp³-hybridized carbons (Fsp3) is 0.280. The van der Waals surface area contributed by atoms with Gasteiger partial charge in [0.25, 0.3) is 0 Å². The molecule has 1 aliphatic rings. The van der Waals surface area contributed by atoms with Crippen molar-refractivity contribution < 1.29 is 4.39 Å². The number of benzene rings is 2. The summed E-state index contributed by atoms with van der Waals surface area (Å²) in [4.78, 5) is 26.9. The predicted octanol–water partition coefficient (Wildman–Crippen LogP) is 3.58. The minimum Gasteiger partial charge on any atom is -0.361 e.